The SMILES string of the molecule is CC(C)(C)OC(=O)NCCSCCNC(=S)NCCSCCNC(=O)OC(C)(C)C. The Morgan fingerprint density at radius 1 is 0.667 bits per heavy atom. The second-order valence-corrected chi connectivity index (χ2v) is 11.1. The van der Waals surface area contributed by atoms with Gasteiger partial charge in [-0.1, -0.05) is 0 Å². The van der Waals surface area contributed by atoms with Crippen LogP contribution in [0.4, 0.5) is 9.59 Å². The van der Waals surface area contributed by atoms with Crippen LogP contribution in [0.3, 0.4) is 0 Å². The van der Waals surface area contributed by atoms with Crippen molar-refractivity contribution < 1.29 is 19.1 Å². The maximum absolute atomic E-state index is 11.5. The van der Waals surface area contributed by atoms with E-state index in [1.165, 1.54) is 0 Å². The van der Waals surface area contributed by atoms with E-state index in [9.17, 15) is 9.59 Å². The van der Waals surface area contributed by atoms with Crippen LogP contribution in [-0.4, -0.2) is 77.7 Å². The Kier molecular flexibility index (Phi) is 15.1. The van der Waals surface area contributed by atoms with Crippen molar-refractivity contribution in [2.75, 3.05) is 49.2 Å². The zero-order chi connectivity index (χ0) is 23.0. The van der Waals surface area contributed by atoms with E-state index in [1.807, 2.05) is 41.5 Å². The highest BCUT2D eigenvalue weighted by Crippen LogP contribution is 2.07. The van der Waals surface area contributed by atoms with Gasteiger partial charge in [0, 0.05) is 49.2 Å². The molecule has 0 aromatic heterocycles. The van der Waals surface area contributed by atoms with Crippen LogP contribution >= 0.6 is 35.7 Å². The van der Waals surface area contributed by atoms with Crippen LogP contribution in [0, 0.1) is 0 Å². The fourth-order valence-electron chi connectivity index (χ4n) is 1.82. The fourth-order valence-corrected chi connectivity index (χ4v) is 3.42. The lowest BCUT2D eigenvalue weighted by Gasteiger charge is -2.19. The summed E-state index contributed by atoms with van der Waals surface area (Å²) in [6, 6.07) is 0. The molecule has 0 radical (unpaired) electrons. The van der Waals surface area contributed by atoms with Gasteiger partial charge in [0.15, 0.2) is 5.11 Å². The third-order valence-electron chi connectivity index (χ3n) is 2.89. The van der Waals surface area contributed by atoms with Gasteiger partial charge in [-0.05, 0) is 53.8 Å². The van der Waals surface area contributed by atoms with Gasteiger partial charge in [-0.2, -0.15) is 23.5 Å². The Balaban J connectivity index is 3.44. The Bertz CT molecular complexity index is 479. The fraction of sp³-hybridized carbons (Fsp3) is 0.842. The van der Waals surface area contributed by atoms with Crippen molar-refractivity contribution in [3.8, 4) is 0 Å². The third kappa shape index (κ3) is 21.6. The largest absolute Gasteiger partial charge is 0.444 e. The van der Waals surface area contributed by atoms with Crippen molar-refractivity contribution in [3.05, 3.63) is 0 Å². The first-order chi connectivity index (χ1) is 13.9. The molecule has 0 aliphatic carbocycles. The van der Waals surface area contributed by atoms with Gasteiger partial charge < -0.3 is 30.7 Å². The third-order valence-corrected chi connectivity index (χ3v) is 5.15. The predicted octanol–water partition coefficient (Wildman–Crippen LogP) is 2.97. The summed E-state index contributed by atoms with van der Waals surface area (Å²) in [6.45, 7) is 13.7. The average Bonchev–Trinajstić information content (AvgIpc) is 2.56. The topological polar surface area (TPSA) is 101 Å². The summed E-state index contributed by atoms with van der Waals surface area (Å²) < 4.78 is 10.3. The van der Waals surface area contributed by atoms with Gasteiger partial charge >= 0.3 is 12.2 Å². The van der Waals surface area contributed by atoms with E-state index in [0.717, 1.165) is 36.1 Å². The van der Waals surface area contributed by atoms with Gasteiger partial charge in [0.05, 0.1) is 0 Å². The van der Waals surface area contributed by atoms with Gasteiger partial charge in [0.2, 0.25) is 0 Å². The van der Waals surface area contributed by atoms with E-state index in [4.69, 9.17) is 21.7 Å². The number of thiocarbonyl (C=S) groups is 1. The molecule has 30 heavy (non-hydrogen) atoms. The standard InChI is InChI=1S/C19H38N4O4S3/c1-18(2,3)26-16(24)22-9-13-29-11-7-20-15(28)21-8-12-30-14-10-23-17(25)27-19(4,5)6/h7-14H2,1-6H3,(H,22,24)(H,23,25)(H2,20,21,28). The number of carbonyl (C=O) groups excluding carboxylic acids is 2. The first kappa shape index (κ1) is 28.9. The molecule has 4 N–H and O–H groups in total. The summed E-state index contributed by atoms with van der Waals surface area (Å²) in [4.78, 5) is 23.0. The summed E-state index contributed by atoms with van der Waals surface area (Å²) in [5.74, 6) is 3.41. The summed E-state index contributed by atoms with van der Waals surface area (Å²) in [5.41, 5.74) is -0.946. The Morgan fingerprint density at radius 3 is 1.27 bits per heavy atom. The summed E-state index contributed by atoms with van der Waals surface area (Å²) in [7, 11) is 0. The Morgan fingerprint density at radius 2 is 0.967 bits per heavy atom. The lowest BCUT2D eigenvalue weighted by atomic mass is 10.2. The number of nitrogens with one attached hydrogen (secondary N) is 4. The number of alkyl carbamates (subject to hydrolysis) is 2. The molecule has 0 unspecified atom stereocenters. The van der Waals surface area contributed by atoms with Crippen molar-refractivity contribution in [2.24, 2.45) is 0 Å². The summed E-state index contributed by atoms with van der Waals surface area (Å²) in [5, 5.41) is 12.4. The summed E-state index contributed by atoms with van der Waals surface area (Å²) in [6.07, 6.45) is -0.768. The summed E-state index contributed by atoms with van der Waals surface area (Å²) >= 11 is 8.70. The molecule has 0 saturated heterocycles. The lowest BCUT2D eigenvalue weighted by molar-refractivity contribution is 0.0519. The molecular formula is C19H38N4O4S3. The van der Waals surface area contributed by atoms with Crippen LogP contribution in [0.1, 0.15) is 41.5 Å². The number of thioether (sulfide) groups is 2. The molecule has 0 spiro atoms. The van der Waals surface area contributed by atoms with Crippen LogP contribution < -0.4 is 21.3 Å². The molecule has 0 aromatic rings. The first-order valence-electron chi connectivity index (χ1n) is 10.00. The van der Waals surface area contributed by atoms with Gasteiger partial charge in [0.25, 0.3) is 0 Å². The average molecular weight is 483 g/mol. The number of hydrogen-bond donors (Lipinski definition) is 4. The maximum Gasteiger partial charge on any atom is 0.407 e. The van der Waals surface area contributed by atoms with Gasteiger partial charge in [0.1, 0.15) is 11.2 Å². The number of carbonyl (C=O) groups is 2. The van der Waals surface area contributed by atoms with Gasteiger partial charge in [-0.3, -0.25) is 0 Å². The predicted molar refractivity (Wildman–Crippen MR) is 132 cm³/mol. The lowest BCUT2D eigenvalue weighted by Crippen LogP contribution is -2.38. The molecule has 11 heteroatoms. The molecule has 2 amide bonds. The van der Waals surface area contributed by atoms with Crippen LogP contribution in [0.5, 0.6) is 0 Å². The van der Waals surface area contributed by atoms with E-state index < -0.39 is 11.2 Å². The Hall–Kier alpha value is -1.07. The molecule has 0 heterocycles. The molecule has 0 aliphatic rings. The van der Waals surface area contributed by atoms with Crippen LogP contribution in [0.2, 0.25) is 0 Å². The number of rotatable bonds is 12. The molecule has 0 atom stereocenters. The van der Waals surface area contributed by atoms with Crippen LogP contribution in [0.15, 0.2) is 0 Å². The molecule has 0 bridgehead atoms. The van der Waals surface area contributed by atoms with Crippen LogP contribution in [-0.2, 0) is 9.47 Å². The van der Waals surface area contributed by atoms with E-state index in [0.29, 0.717) is 18.2 Å². The highest BCUT2D eigenvalue weighted by Gasteiger charge is 2.16. The van der Waals surface area contributed by atoms with Crippen molar-refractivity contribution in [2.45, 2.75) is 52.7 Å². The number of ether oxygens (including phenoxy) is 2. The molecule has 0 aliphatic heterocycles. The molecule has 0 fully saturated rings. The minimum atomic E-state index is -0.473. The van der Waals surface area contributed by atoms with Gasteiger partial charge in [-0.25, -0.2) is 9.59 Å². The van der Waals surface area contributed by atoms with E-state index in [2.05, 4.69) is 21.3 Å². The van der Waals surface area contributed by atoms with E-state index in [1.54, 1.807) is 23.5 Å². The molecule has 0 rings (SSSR count). The number of amides is 2. The Labute approximate surface area is 195 Å². The van der Waals surface area contributed by atoms with Gasteiger partial charge in [-0.15, -0.1) is 0 Å². The quantitative estimate of drug-likeness (QED) is 0.247. The smallest absolute Gasteiger partial charge is 0.407 e. The van der Waals surface area contributed by atoms with Crippen molar-refractivity contribution in [1.82, 2.24) is 21.3 Å². The van der Waals surface area contributed by atoms with Crippen LogP contribution in [0.25, 0.3) is 0 Å². The minimum Gasteiger partial charge on any atom is -0.444 e. The minimum absolute atomic E-state index is 0.384. The molecular weight excluding hydrogens is 444 g/mol. The molecule has 0 saturated carbocycles. The normalized spacial score (nSPS) is 11.4. The highest BCUT2D eigenvalue weighted by atomic mass is 32.2. The molecule has 8 nitrogen and oxygen atoms in total. The van der Waals surface area contributed by atoms with E-state index in [-0.39, 0.29) is 12.2 Å². The first-order valence-corrected chi connectivity index (χ1v) is 12.7. The zero-order valence-corrected chi connectivity index (χ0v) is 21.5. The second kappa shape index (κ2) is 15.7. The van der Waals surface area contributed by atoms with E-state index >= 15 is 0 Å². The molecule has 0 aromatic carbocycles. The molecule has 176 valence electrons. The number of hydrogen-bond acceptors (Lipinski definition) is 7. The van der Waals surface area contributed by atoms with Crippen molar-refractivity contribution >= 4 is 53.0 Å². The van der Waals surface area contributed by atoms with Crippen molar-refractivity contribution in [3.63, 3.8) is 0 Å². The maximum atomic E-state index is 11.5. The highest BCUT2D eigenvalue weighted by molar-refractivity contribution is 7.99. The zero-order valence-electron chi connectivity index (χ0n) is 19.0. The monoisotopic (exact) mass is 482 g/mol. The van der Waals surface area contributed by atoms with Crippen molar-refractivity contribution in [1.29, 1.82) is 0 Å². The second-order valence-electron chi connectivity index (χ2n) is 8.26.